The van der Waals surface area contributed by atoms with Gasteiger partial charge in [0.2, 0.25) is 21.1 Å². The highest BCUT2D eigenvalue weighted by molar-refractivity contribution is 8.01. The normalized spacial score (nSPS) is 14.5. The molecule has 0 saturated heterocycles. The lowest BCUT2D eigenvalue weighted by atomic mass is 10.2. The van der Waals surface area contributed by atoms with E-state index in [0.717, 1.165) is 14.9 Å². The first-order chi connectivity index (χ1) is 13.6. The number of rotatable bonds is 7. The quantitative estimate of drug-likeness (QED) is 0.498. The van der Waals surface area contributed by atoms with Crippen molar-refractivity contribution in [2.75, 3.05) is 29.1 Å². The van der Waals surface area contributed by atoms with E-state index >= 15 is 0 Å². The van der Waals surface area contributed by atoms with Gasteiger partial charge in [0.25, 0.3) is 0 Å². The maximum Gasteiger partial charge on any atom is 0.249 e. The van der Waals surface area contributed by atoms with E-state index in [-0.39, 0.29) is 0 Å². The van der Waals surface area contributed by atoms with Gasteiger partial charge >= 0.3 is 0 Å². The minimum absolute atomic E-state index is 0.313. The molecule has 3 rings (SSSR count). The van der Waals surface area contributed by atoms with Gasteiger partial charge in [0.05, 0.1) is 11.9 Å². The number of carbonyl (C=O) groups is 1. The molecule has 29 heavy (non-hydrogen) atoms. The van der Waals surface area contributed by atoms with Crippen LogP contribution in [0.3, 0.4) is 0 Å². The van der Waals surface area contributed by atoms with Crippen LogP contribution in [0.25, 0.3) is 0 Å². The average molecular weight is 459 g/mol. The summed E-state index contributed by atoms with van der Waals surface area (Å²) in [6, 6.07) is 3.76. The fourth-order valence-electron chi connectivity index (χ4n) is 2.70. The fourth-order valence-corrected chi connectivity index (χ4v) is 5.84. The predicted molar refractivity (Wildman–Crippen MR) is 114 cm³/mol. The summed E-state index contributed by atoms with van der Waals surface area (Å²) in [6.45, 7) is 6.38. The Morgan fingerprint density at radius 2 is 1.90 bits per heavy atom. The van der Waals surface area contributed by atoms with E-state index < -0.39 is 22.0 Å². The number of amides is 1. The second-order valence-corrected chi connectivity index (χ2v) is 11.3. The van der Waals surface area contributed by atoms with Gasteiger partial charge in [0.15, 0.2) is 15.8 Å². The number of hydrogen-bond donors (Lipinski definition) is 1. The highest BCUT2D eigenvalue weighted by Gasteiger charge is 2.31. The fraction of sp³-hybridized carbons (Fsp3) is 0.471. The van der Waals surface area contributed by atoms with E-state index in [1.165, 1.54) is 30.0 Å². The largest absolute Gasteiger partial charge is 0.486 e. The van der Waals surface area contributed by atoms with Crippen molar-refractivity contribution < 1.29 is 22.7 Å². The van der Waals surface area contributed by atoms with Crippen molar-refractivity contribution >= 4 is 49.8 Å². The third-order valence-corrected chi connectivity index (χ3v) is 7.01. The van der Waals surface area contributed by atoms with Crippen molar-refractivity contribution in [1.29, 1.82) is 0 Å². The number of sulfonamides is 1. The number of nitrogens with one attached hydrogen (secondary N) is 1. The van der Waals surface area contributed by atoms with Gasteiger partial charge in [-0.15, -0.1) is 10.2 Å². The zero-order chi connectivity index (χ0) is 21.2. The standard InChI is InChI=1S/C17H22N4O5S3/c1-10(2)27-17-20-19-16(28-17)18-15(22)11(3)21(29(4,23)24)12-5-6-13-14(9-12)26-8-7-25-13/h5-6,9-11H,7-8H2,1-4H3,(H,18,19,22). The Balaban J connectivity index is 1.81. The molecule has 1 aromatic heterocycles. The Hall–Kier alpha value is -2.05. The molecule has 1 aromatic carbocycles. The van der Waals surface area contributed by atoms with Crippen LogP contribution in [0.1, 0.15) is 20.8 Å². The van der Waals surface area contributed by atoms with Crippen LogP contribution in [0, 0.1) is 0 Å². The van der Waals surface area contributed by atoms with Crippen molar-refractivity contribution in [3.63, 3.8) is 0 Å². The lowest BCUT2D eigenvalue weighted by Gasteiger charge is -2.29. The first kappa shape index (κ1) is 21.7. The van der Waals surface area contributed by atoms with Crippen molar-refractivity contribution in [2.24, 2.45) is 0 Å². The summed E-state index contributed by atoms with van der Waals surface area (Å²) in [5.74, 6) is 0.464. The molecule has 158 valence electrons. The molecule has 1 aliphatic heterocycles. The third kappa shape index (κ3) is 5.31. The van der Waals surface area contributed by atoms with Gasteiger partial charge in [0, 0.05) is 11.3 Å². The molecule has 0 radical (unpaired) electrons. The first-order valence-corrected chi connectivity index (χ1v) is 12.4. The van der Waals surface area contributed by atoms with E-state index in [1.807, 2.05) is 13.8 Å². The highest BCUT2D eigenvalue weighted by Crippen LogP contribution is 2.35. The van der Waals surface area contributed by atoms with Gasteiger partial charge in [-0.2, -0.15) is 0 Å². The smallest absolute Gasteiger partial charge is 0.249 e. The van der Waals surface area contributed by atoms with E-state index in [1.54, 1.807) is 18.2 Å². The Bertz CT molecular complexity index is 993. The molecule has 1 N–H and O–H groups in total. The number of thioether (sulfide) groups is 1. The number of benzene rings is 1. The molecule has 0 fully saturated rings. The minimum Gasteiger partial charge on any atom is -0.486 e. The van der Waals surface area contributed by atoms with Gasteiger partial charge in [-0.25, -0.2) is 8.42 Å². The molecule has 1 amide bonds. The van der Waals surface area contributed by atoms with Crippen LogP contribution >= 0.6 is 23.1 Å². The second-order valence-electron chi connectivity index (χ2n) is 6.59. The van der Waals surface area contributed by atoms with Gasteiger partial charge in [-0.1, -0.05) is 36.9 Å². The topological polar surface area (TPSA) is 111 Å². The lowest BCUT2D eigenvalue weighted by Crippen LogP contribution is -2.45. The summed E-state index contributed by atoms with van der Waals surface area (Å²) in [6.07, 6.45) is 1.05. The van der Waals surface area contributed by atoms with Crippen LogP contribution < -0.4 is 19.1 Å². The molecule has 0 saturated carbocycles. The SMILES string of the molecule is CC(C)Sc1nnc(NC(=O)C(C)N(c2ccc3c(c2)OCCO3)S(C)(=O)=O)s1. The third-order valence-electron chi connectivity index (χ3n) is 3.84. The van der Waals surface area contributed by atoms with Gasteiger partial charge in [0.1, 0.15) is 19.3 Å². The maximum atomic E-state index is 12.8. The van der Waals surface area contributed by atoms with Crippen LogP contribution in [0.5, 0.6) is 11.5 Å². The van der Waals surface area contributed by atoms with Crippen LogP contribution in [0.2, 0.25) is 0 Å². The zero-order valence-electron chi connectivity index (χ0n) is 16.4. The number of ether oxygens (including phenoxy) is 2. The summed E-state index contributed by atoms with van der Waals surface area (Å²) >= 11 is 2.78. The van der Waals surface area contributed by atoms with E-state index in [4.69, 9.17) is 9.47 Å². The van der Waals surface area contributed by atoms with E-state index in [2.05, 4.69) is 15.5 Å². The lowest BCUT2D eigenvalue weighted by molar-refractivity contribution is -0.116. The zero-order valence-corrected chi connectivity index (χ0v) is 18.9. The highest BCUT2D eigenvalue weighted by atomic mass is 32.2. The molecule has 1 aliphatic rings. The Morgan fingerprint density at radius 3 is 2.55 bits per heavy atom. The molecular formula is C17H22N4O5S3. The molecule has 1 atom stereocenters. The molecule has 0 aliphatic carbocycles. The number of aromatic nitrogens is 2. The van der Waals surface area contributed by atoms with Crippen LogP contribution in [0.15, 0.2) is 22.5 Å². The average Bonchev–Trinajstić information content (AvgIpc) is 3.06. The molecule has 2 aromatic rings. The van der Waals surface area contributed by atoms with Crippen molar-refractivity contribution in [2.45, 2.75) is 36.4 Å². The van der Waals surface area contributed by atoms with Crippen LogP contribution in [0.4, 0.5) is 10.8 Å². The number of hydrogen-bond acceptors (Lipinski definition) is 9. The summed E-state index contributed by atoms with van der Waals surface area (Å²) in [4.78, 5) is 12.8. The predicted octanol–water partition coefficient (Wildman–Crippen LogP) is 2.60. The van der Waals surface area contributed by atoms with Crippen molar-refractivity contribution in [3.8, 4) is 11.5 Å². The number of fused-ring (bicyclic) bond motifs is 1. The summed E-state index contributed by atoms with van der Waals surface area (Å²) < 4.78 is 37.7. The molecule has 12 heteroatoms. The summed E-state index contributed by atoms with van der Waals surface area (Å²) in [5, 5.41) is 11.3. The number of anilines is 2. The minimum atomic E-state index is -3.75. The number of nitrogens with zero attached hydrogens (tertiary/aromatic N) is 3. The van der Waals surface area contributed by atoms with Crippen molar-refractivity contribution in [1.82, 2.24) is 10.2 Å². The summed E-state index contributed by atoms with van der Waals surface area (Å²) in [5.41, 5.74) is 0.313. The number of carbonyl (C=O) groups excluding carboxylic acids is 1. The van der Waals surface area contributed by atoms with Gasteiger partial charge in [-0.3, -0.25) is 14.4 Å². The van der Waals surface area contributed by atoms with E-state index in [9.17, 15) is 13.2 Å². The first-order valence-electron chi connectivity index (χ1n) is 8.85. The Morgan fingerprint density at radius 1 is 1.21 bits per heavy atom. The molecule has 0 spiro atoms. The van der Waals surface area contributed by atoms with Crippen LogP contribution in [-0.2, 0) is 14.8 Å². The van der Waals surface area contributed by atoms with E-state index in [0.29, 0.717) is 40.8 Å². The maximum absolute atomic E-state index is 12.8. The van der Waals surface area contributed by atoms with Crippen LogP contribution in [-0.4, -0.2) is 55.3 Å². The Kier molecular flexibility index (Phi) is 6.54. The molecule has 2 heterocycles. The molecule has 9 nitrogen and oxygen atoms in total. The monoisotopic (exact) mass is 458 g/mol. The molecule has 0 bridgehead atoms. The van der Waals surface area contributed by atoms with Gasteiger partial charge in [-0.05, 0) is 19.1 Å². The second kappa shape index (κ2) is 8.76. The molecular weight excluding hydrogens is 436 g/mol. The summed E-state index contributed by atoms with van der Waals surface area (Å²) in [7, 11) is -3.75. The molecule has 1 unspecified atom stereocenters. The Labute approximate surface area is 177 Å². The van der Waals surface area contributed by atoms with Gasteiger partial charge < -0.3 is 9.47 Å². The van der Waals surface area contributed by atoms with Crippen molar-refractivity contribution in [3.05, 3.63) is 18.2 Å².